The predicted molar refractivity (Wildman–Crippen MR) is 99.4 cm³/mol. The molecule has 0 atom stereocenters. The first-order chi connectivity index (χ1) is 11.0. The molecule has 0 spiro atoms. The number of hydrogen-bond acceptors (Lipinski definition) is 3. The van der Waals surface area contributed by atoms with E-state index in [1.165, 1.54) is 18.4 Å². The van der Waals surface area contributed by atoms with Crippen molar-refractivity contribution in [1.29, 1.82) is 0 Å². The molecule has 2 aromatic rings. The Hall–Kier alpha value is -1.23. The minimum Gasteiger partial charge on any atom is -0.333 e. The van der Waals surface area contributed by atoms with Gasteiger partial charge in [0.05, 0.1) is 4.88 Å². The van der Waals surface area contributed by atoms with Gasteiger partial charge < -0.3 is 5.73 Å². The fourth-order valence-electron chi connectivity index (χ4n) is 1.65. The molecule has 0 aliphatic heterocycles. The summed E-state index contributed by atoms with van der Waals surface area (Å²) < 4.78 is 13.3. The van der Waals surface area contributed by atoms with E-state index >= 15 is 0 Å². The molecule has 0 unspecified atom stereocenters. The molecule has 2 N–H and O–H groups in total. The van der Waals surface area contributed by atoms with Crippen LogP contribution in [0.25, 0.3) is 0 Å². The van der Waals surface area contributed by atoms with E-state index in [1.807, 2.05) is 32.2 Å². The number of aldehydes is 1. The highest BCUT2D eigenvalue weighted by Crippen LogP contribution is 2.49. The highest BCUT2D eigenvalue weighted by molar-refractivity contribution is 7.11. The van der Waals surface area contributed by atoms with E-state index in [-0.39, 0.29) is 0 Å². The molecule has 0 saturated heterocycles. The third kappa shape index (κ3) is 7.25. The Balaban J connectivity index is 0.000000358. The van der Waals surface area contributed by atoms with Crippen molar-refractivity contribution in [3.63, 3.8) is 0 Å². The van der Waals surface area contributed by atoms with Crippen molar-refractivity contribution in [1.82, 2.24) is 0 Å². The number of rotatable bonds is 2. The largest absolute Gasteiger partial charge is 0.333 e. The van der Waals surface area contributed by atoms with Gasteiger partial charge in [-0.2, -0.15) is 0 Å². The summed E-state index contributed by atoms with van der Waals surface area (Å²) in [7, 11) is 1.50. The zero-order valence-corrected chi connectivity index (χ0v) is 15.7. The van der Waals surface area contributed by atoms with Gasteiger partial charge in [0.2, 0.25) is 0 Å². The summed E-state index contributed by atoms with van der Waals surface area (Å²) in [5.41, 5.74) is 5.32. The fraction of sp³-hybridized carbons (Fsp3) is 0.389. The number of aryl methyl sites for hydroxylation is 1. The molecule has 0 radical (unpaired) electrons. The summed E-state index contributed by atoms with van der Waals surface area (Å²) in [6.45, 7) is 5.93. The average Bonchev–Trinajstić information content (AvgIpc) is 3.21. The van der Waals surface area contributed by atoms with Crippen LogP contribution >= 0.6 is 22.9 Å². The van der Waals surface area contributed by atoms with Crippen LogP contribution < -0.4 is 5.73 Å². The van der Waals surface area contributed by atoms with E-state index in [0.29, 0.717) is 17.9 Å². The zero-order chi connectivity index (χ0) is 17.9. The molecule has 0 amide bonds. The molecule has 1 heterocycles. The summed E-state index contributed by atoms with van der Waals surface area (Å²) >= 11 is 7.14. The summed E-state index contributed by atoms with van der Waals surface area (Å²) in [6, 6.07) is 8.92. The van der Waals surface area contributed by atoms with Gasteiger partial charge in [-0.3, -0.25) is 4.79 Å². The van der Waals surface area contributed by atoms with E-state index in [0.717, 1.165) is 22.3 Å². The lowest BCUT2D eigenvalue weighted by Gasteiger charge is -2.03. The lowest BCUT2D eigenvalue weighted by Crippen LogP contribution is -1.95. The lowest BCUT2D eigenvalue weighted by atomic mass is 10.1. The highest BCUT2D eigenvalue weighted by atomic mass is 35.5. The van der Waals surface area contributed by atoms with E-state index in [9.17, 15) is 9.18 Å². The van der Waals surface area contributed by atoms with Crippen molar-refractivity contribution < 1.29 is 9.18 Å². The Bertz CT molecular complexity index is 565. The monoisotopic (exact) mass is 357 g/mol. The molecular weight excluding hydrogens is 333 g/mol. The third-order valence-electron chi connectivity index (χ3n) is 3.06. The number of carbonyl (C=O) groups excluding carboxylic acids is 1. The van der Waals surface area contributed by atoms with E-state index in [1.54, 1.807) is 24.3 Å². The molecule has 1 fully saturated rings. The molecule has 1 aromatic carbocycles. The van der Waals surface area contributed by atoms with Gasteiger partial charge in [-0.25, -0.2) is 4.39 Å². The minimum absolute atomic E-state index is 0.661. The van der Waals surface area contributed by atoms with Gasteiger partial charge in [-0.1, -0.05) is 37.6 Å². The second-order valence-electron chi connectivity index (χ2n) is 4.56. The Morgan fingerprint density at radius 2 is 1.70 bits per heavy atom. The van der Waals surface area contributed by atoms with Gasteiger partial charge in [0.25, 0.3) is 0 Å². The summed E-state index contributed by atoms with van der Waals surface area (Å²) in [5, 5.41) is 2.58. The van der Waals surface area contributed by atoms with Crippen molar-refractivity contribution in [2.45, 2.75) is 39.3 Å². The quantitative estimate of drug-likeness (QED) is 0.693. The highest BCUT2D eigenvalue weighted by Gasteiger charge is 2.44. The number of halogens is 2. The van der Waals surface area contributed by atoms with Crippen molar-refractivity contribution >= 4 is 29.2 Å². The second kappa shape index (κ2) is 11.3. The number of alkyl halides is 1. The average molecular weight is 358 g/mol. The summed E-state index contributed by atoms with van der Waals surface area (Å²) in [4.78, 5) is 10.9. The van der Waals surface area contributed by atoms with Crippen LogP contribution in [-0.4, -0.2) is 13.3 Å². The summed E-state index contributed by atoms with van der Waals surface area (Å²) in [6.07, 6.45) is 2.21. The molecule has 5 heteroatoms. The second-order valence-corrected chi connectivity index (χ2v) is 5.94. The van der Waals surface area contributed by atoms with Gasteiger partial charge in [-0.05, 0) is 61.5 Å². The van der Waals surface area contributed by atoms with Crippen molar-refractivity contribution in [3.05, 3.63) is 56.7 Å². The molecule has 1 aliphatic rings. The summed E-state index contributed by atoms with van der Waals surface area (Å²) in [5.74, 6) is 0. The van der Waals surface area contributed by atoms with Gasteiger partial charge in [0.15, 0.2) is 6.29 Å². The lowest BCUT2D eigenvalue weighted by molar-refractivity contribution is 0.112. The molecule has 1 saturated carbocycles. The van der Waals surface area contributed by atoms with Gasteiger partial charge >= 0.3 is 0 Å². The number of benzene rings is 1. The molecule has 2 nitrogen and oxygen atoms in total. The van der Waals surface area contributed by atoms with Crippen LogP contribution in [0.1, 0.15) is 47.5 Å². The Morgan fingerprint density at radius 3 is 2.00 bits per heavy atom. The first kappa shape index (κ1) is 21.8. The molecular formula is C18H25ClFNOS. The molecule has 128 valence electrons. The molecule has 3 rings (SSSR count). The minimum atomic E-state index is -1.02. The van der Waals surface area contributed by atoms with Crippen LogP contribution in [0.4, 0.5) is 4.39 Å². The first-order valence-electron chi connectivity index (χ1n) is 7.57. The van der Waals surface area contributed by atoms with Crippen LogP contribution in [0, 0.1) is 6.92 Å². The molecule has 1 aliphatic carbocycles. The Morgan fingerprint density at radius 1 is 1.17 bits per heavy atom. The normalized spacial score (nSPS) is 13.2. The van der Waals surface area contributed by atoms with E-state index < -0.39 is 5.67 Å². The predicted octanol–water partition coefficient (Wildman–Crippen LogP) is 5.77. The first-order valence-corrected chi connectivity index (χ1v) is 8.83. The standard InChI is InChI=1S/C9H8ClF.C6H6OS.C2H6.CH5N/c10-8-3-1-7(2-4-8)9(11)5-6-9;1-5-2-3-8-6(5)4-7;2*1-2/h1-4H,5-6H2;2-4H,1H3;1-2H3;2H2,1H3. The van der Waals surface area contributed by atoms with Crippen molar-refractivity contribution in [2.24, 2.45) is 5.73 Å². The van der Waals surface area contributed by atoms with Crippen molar-refractivity contribution in [3.8, 4) is 0 Å². The Kier molecular flexibility index (Phi) is 10.7. The van der Waals surface area contributed by atoms with Crippen molar-refractivity contribution in [2.75, 3.05) is 7.05 Å². The van der Waals surface area contributed by atoms with E-state index in [4.69, 9.17) is 11.6 Å². The maximum Gasteiger partial charge on any atom is 0.160 e. The van der Waals surface area contributed by atoms with Crippen LogP contribution in [-0.2, 0) is 5.67 Å². The zero-order valence-electron chi connectivity index (χ0n) is 14.1. The van der Waals surface area contributed by atoms with Gasteiger partial charge in [-0.15, -0.1) is 11.3 Å². The van der Waals surface area contributed by atoms with E-state index in [2.05, 4.69) is 5.73 Å². The molecule has 1 aromatic heterocycles. The van der Waals surface area contributed by atoms with Crippen LogP contribution in [0.5, 0.6) is 0 Å². The number of nitrogens with two attached hydrogens (primary N) is 1. The third-order valence-corrected chi connectivity index (χ3v) is 4.26. The maximum atomic E-state index is 13.3. The number of hydrogen-bond donors (Lipinski definition) is 1. The van der Waals surface area contributed by atoms with Crippen LogP contribution in [0.15, 0.2) is 35.7 Å². The number of thiophene rings is 1. The smallest absolute Gasteiger partial charge is 0.160 e. The Labute approximate surface area is 147 Å². The van der Waals surface area contributed by atoms with Gasteiger partial charge in [0.1, 0.15) is 5.67 Å². The molecule has 0 bridgehead atoms. The molecule has 23 heavy (non-hydrogen) atoms. The maximum absolute atomic E-state index is 13.3. The topological polar surface area (TPSA) is 43.1 Å². The van der Waals surface area contributed by atoms with Crippen LogP contribution in [0.3, 0.4) is 0 Å². The fourth-order valence-corrected chi connectivity index (χ4v) is 2.51. The van der Waals surface area contributed by atoms with Crippen LogP contribution in [0.2, 0.25) is 5.02 Å². The SMILES string of the molecule is CC.CN.Cc1ccsc1C=O.FC1(c2ccc(Cl)cc2)CC1. The number of carbonyl (C=O) groups is 1. The van der Waals surface area contributed by atoms with Gasteiger partial charge in [0, 0.05) is 5.02 Å².